The molecule has 5 aromatic rings. The van der Waals surface area contributed by atoms with Gasteiger partial charge in [0.05, 0.1) is 59.4 Å². The van der Waals surface area contributed by atoms with Gasteiger partial charge < -0.3 is 61.8 Å². The standard InChI is InChI=1S/C13H17Br2NO3.C13H19NO4.C13H17NO4.C12H18ClNO2.C12H19NO3.CH3ClO2S.Al.Li.4H/c1-2-18-11(17)10-9(8-14)16-12(19-10)13(15)6-4-3-5-7-13;2*1-16-8-10-11(13(15)17-2)18-12(14-10)9-6-4-3-5-7-9;1-15-8-10-11(7-13)16-12(14-10)9-5-3-2-4-6-9;1-15-8-10-11(7-14)16-12(13-10)9-5-3-2-4-6-9;1-5(2,3)4;;;;;;/h2-8H2,1H3;9H,3-8H2,1-2H3;6H,3-5,7-8H2,1-2H3;9H,2-8H2,1H3;9,14H,2-8H2,1H3;1H3;;;;;;/q;;;;;;;+1;;;;-1. The molecule has 10 rings (SSSR count). The average molecular weight is 1520 g/mol. The summed E-state index contributed by atoms with van der Waals surface area (Å²) in [5, 5.41) is 9.65. The SMILES string of the molecule is CCOC(=O)c1oc(C2(Br)CCCCC2)nc1CBr.COCc1nc(C2=CCCCC2)oc1C(=O)OC.COCc1nc(C2CCCCC2)oc1C(=O)OC.COCc1nc(C2CCCCC2)oc1CCl.COCc1nc(C2CCCCC2)oc1CO.CS(=O)(=O)Cl.[AlH3].[H-].[Li+]. The molecule has 0 amide bonds. The van der Waals surface area contributed by atoms with E-state index in [2.05, 4.69) is 78.3 Å². The molecule has 4 fully saturated rings. The van der Waals surface area contributed by atoms with E-state index in [9.17, 15) is 22.8 Å². The maximum absolute atomic E-state index is 11.8. The molecule has 0 aliphatic heterocycles. The number of ether oxygens (including phenoxy) is 7. The average Bonchev–Trinajstić information content (AvgIpc) is 1.70. The second-order valence-corrected chi connectivity index (χ2v) is 28.2. The van der Waals surface area contributed by atoms with Gasteiger partial charge in [0, 0.05) is 67.8 Å². The van der Waals surface area contributed by atoms with Gasteiger partial charge >= 0.3 is 36.8 Å². The number of nitrogens with zero attached hydrogens (tertiary/aromatic N) is 5. The summed E-state index contributed by atoms with van der Waals surface area (Å²) >= 11 is 12.9. The Balaban J connectivity index is 0.000000394. The Bertz CT molecular complexity index is 3090. The monoisotopic (exact) mass is 1520 g/mol. The van der Waals surface area contributed by atoms with Gasteiger partial charge in [0.25, 0.3) is 0 Å². The Morgan fingerprint density at radius 2 is 1.01 bits per heavy atom. The third kappa shape index (κ3) is 27.4. The van der Waals surface area contributed by atoms with Gasteiger partial charge in [-0.15, -0.1) is 11.6 Å². The van der Waals surface area contributed by atoms with Crippen LogP contribution in [0.1, 0.15) is 281 Å². The van der Waals surface area contributed by atoms with Crippen LogP contribution in [0, 0.1) is 0 Å². The number of carbonyl (C=O) groups excluding carboxylic acids is 3. The number of hydrogen-bond donors (Lipinski definition) is 1. The number of rotatable bonds is 20. The number of halogens is 4. The molecule has 5 aliphatic carbocycles. The van der Waals surface area contributed by atoms with Gasteiger partial charge in [-0.05, 0) is 84.0 Å². The molecule has 0 aromatic carbocycles. The molecule has 0 atom stereocenters. The maximum Gasteiger partial charge on any atom is 1.00 e. The largest absolute Gasteiger partial charge is 1.00 e. The van der Waals surface area contributed by atoms with Crippen LogP contribution in [0.25, 0.3) is 5.57 Å². The first-order valence-corrected chi connectivity index (χ1v) is 36.8. The predicted molar refractivity (Wildman–Crippen MR) is 361 cm³/mol. The van der Waals surface area contributed by atoms with E-state index in [-0.39, 0.29) is 79.1 Å². The fourth-order valence-corrected chi connectivity index (χ4v) is 12.6. The van der Waals surface area contributed by atoms with Crippen molar-refractivity contribution in [1.82, 2.24) is 24.9 Å². The van der Waals surface area contributed by atoms with Crippen LogP contribution in [-0.4, -0.2) is 129 Å². The smallest absolute Gasteiger partial charge is 1.00 e. The third-order valence-corrected chi connectivity index (χ3v) is 17.8. The van der Waals surface area contributed by atoms with Crippen molar-refractivity contribution >= 4 is 104 Å². The van der Waals surface area contributed by atoms with Gasteiger partial charge in [0.15, 0.2) is 40.8 Å². The topological polar surface area (TPSA) is 300 Å². The second kappa shape index (κ2) is 45.3. The maximum atomic E-state index is 11.8. The summed E-state index contributed by atoms with van der Waals surface area (Å²) in [5.74, 6) is 5.46. The predicted octanol–water partition coefficient (Wildman–Crippen LogP) is 11.6. The Labute approximate surface area is 603 Å². The minimum atomic E-state index is -3.19. The van der Waals surface area contributed by atoms with Crippen molar-refractivity contribution in [1.29, 1.82) is 0 Å². The van der Waals surface area contributed by atoms with E-state index in [1.165, 1.54) is 97.7 Å². The minimum Gasteiger partial charge on any atom is -1.00 e. The van der Waals surface area contributed by atoms with Crippen LogP contribution >= 0.6 is 54.1 Å². The fraction of sp³-hybridized carbons (Fsp3) is 0.688. The first-order chi connectivity index (χ1) is 44.3. The quantitative estimate of drug-likeness (QED) is 0.0249. The Kier molecular flexibility index (Phi) is 40.9. The van der Waals surface area contributed by atoms with E-state index in [4.69, 9.17) is 67.2 Å². The van der Waals surface area contributed by atoms with Gasteiger partial charge in [0.2, 0.25) is 38.1 Å². The van der Waals surface area contributed by atoms with Crippen molar-refractivity contribution in [2.45, 2.75) is 227 Å². The van der Waals surface area contributed by atoms with Gasteiger partial charge in [0.1, 0.15) is 45.2 Å². The van der Waals surface area contributed by atoms with E-state index in [1.807, 2.05) is 0 Å². The fourth-order valence-electron chi connectivity index (χ4n) is 11.3. The molecular formula is C64H97AlBr2Cl2LiN5O18S. The Hall–Kier alpha value is -3.38. The molecule has 0 unspecified atom stereocenters. The Morgan fingerprint density at radius 1 is 0.596 bits per heavy atom. The number of allylic oxidation sites excluding steroid dienone is 2. The Morgan fingerprint density at radius 3 is 1.44 bits per heavy atom. The van der Waals surface area contributed by atoms with Gasteiger partial charge in [-0.2, -0.15) is 0 Å². The summed E-state index contributed by atoms with van der Waals surface area (Å²) < 4.78 is 81.3. The van der Waals surface area contributed by atoms with E-state index < -0.39 is 27.0 Å². The molecule has 23 nitrogen and oxygen atoms in total. The van der Waals surface area contributed by atoms with E-state index in [0.29, 0.717) is 89.3 Å². The molecule has 4 saturated carbocycles. The zero-order valence-electron chi connectivity index (χ0n) is 56.5. The summed E-state index contributed by atoms with van der Waals surface area (Å²) in [7, 11) is 10.4. The van der Waals surface area contributed by atoms with Crippen LogP contribution in [0.5, 0.6) is 0 Å². The van der Waals surface area contributed by atoms with Gasteiger partial charge in [-0.3, -0.25) is 0 Å². The first kappa shape index (κ1) is 84.8. The molecule has 5 aliphatic rings. The number of esters is 3. The van der Waals surface area contributed by atoms with Crippen molar-refractivity contribution in [3.8, 4) is 0 Å². The molecule has 5 aromatic heterocycles. The van der Waals surface area contributed by atoms with Crippen LogP contribution in [0.15, 0.2) is 28.2 Å². The minimum absolute atomic E-state index is 0. The van der Waals surface area contributed by atoms with Crippen LogP contribution in [-0.2, 0) is 90.8 Å². The number of aliphatic hydroxyl groups is 1. The van der Waals surface area contributed by atoms with Crippen LogP contribution in [0.3, 0.4) is 0 Å². The van der Waals surface area contributed by atoms with Crippen molar-refractivity contribution in [3.63, 3.8) is 0 Å². The van der Waals surface area contributed by atoms with E-state index >= 15 is 0 Å². The second-order valence-electron chi connectivity index (χ2n) is 22.8. The first-order valence-electron chi connectivity index (χ1n) is 31.6. The molecule has 1 N–H and O–H groups in total. The summed E-state index contributed by atoms with van der Waals surface area (Å²) in [6.45, 7) is 3.40. The molecule has 0 spiro atoms. The molecule has 30 heteroatoms. The molecule has 0 saturated heterocycles. The number of oxazole rings is 5. The number of alkyl halides is 3. The molecule has 0 bridgehead atoms. The number of carbonyl (C=O) groups is 3. The number of aromatic nitrogens is 5. The zero-order chi connectivity index (χ0) is 67.1. The van der Waals surface area contributed by atoms with Crippen LogP contribution in [0.2, 0.25) is 0 Å². The normalized spacial score (nSPS) is 16.5. The zero-order valence-corrected chi connectivity index (χ0v) is 61.0. The van der Waals surface area contributed by atoms with Gasteiger partial charge in [-0.1, -0.05) is 115 Å². The van der Waals surface area contributed by atoms with Crippen molar-refractivity contribution < 1.29 is 103 Å². The van der Waals surface area contributed by atoms with Crippen molar-refractivity contribution in [2.24, 2.45) is 0 Å². The molecule has 0 radical (unpaired) electrons. The van der Waals surface area contributed by atoms with Crippen molar-refractivity contribution in [2.75, 3.05) is 55.5 Å². The van der Waals surface area contributed by atoms with E-state index in [1.54, 1.807) is 35.4 Å². The summed E-state index contributed by atoms with van der Waals surface area (Å²) in [5.41, 5.74) is 4.30. The van der Waals surface area contributed by atoms with Crippen LogP contribution in [0.4, 0.5) is 0 Å². The molecule has 524 valence electrons. The summed E-state index contributed by atoms with van der Waals surface area (Å²) in [6.07, 6.45) is 31.0. The third-order valence-electron chi connectivity index (χ3n) is 15.9. The number of aliphatic hydroxyl groups excluding tert-OH is 1. The van der Waals surface area contributed by atoms with Gasteiger partial charge in [-0.25, -0.2) is 47.7 Å². The van der Waals surface area contributed by atoms with Crippen molar-refractivity contribution in [3.05, 3.63) is 92.8 Å². The summed E-state index contributed by atoms with van der Waals surface area (Å²) in [4.78, 5) is 57.2. The van der Waals surface area contributed by atoms with E-state index in [0.717, 1.165) is 111 Å². The number of hydrogen-bond acceptors (Lipinski definition) is 23. The molecule has 5 heterocycles. The molecular weight excluding hydrogens is 1420 g/mol. The number of methoxy groups -OCH3 is 6. The van der Waals surface area contributed by atoms with Crippen LogP contribution < -0.4 is 18.9 Å². The molecule has 94 heavy (non-hydrogen) atoms. The summed E-state index contributed by atoms with van der Waals surface area (Å²) in [6, 6.07) is 0.